The van der Waals surface area contributed by atoms with Crippen LogP contribution in [0.2, 0.25) is 5.02 Å². The Morgan fingerprint density at radius 3 is 2.61 bits per heavy atom. The number of aromatic nitrogens is 2. The number of rotatable bonds is 4. The standard InChI is InChI=1S/C22H16ClN3O4S/c1-3-29-14-8-9-15-16(10-14)30-20-17(19(15)27)18(12-4-6-13(23)7-5-12)26(21(20)28)22-25-24-11(2)31-22/h4-10,18H,3H2,1-2H3. The molecule has 0 N–H and O–H groups in total. The van der Waals surface area contributed by atoms with Crippen molar-refractivity contribution in [2.45, 2.75) is 19.9 Å². The first-order chi connectivity index (χ1) is 15.0. The van der Waals surface area contributed by atoms with E-state index in [2.05, 4.69) is 10.2 Å². The highest BCUT2D eigenvalue weighted by atomic mass is 35.5. The van der Waals surface area contributed by atoms with E-state index in [4.69, 9.17) is 20.8 Å². The fourth-order valence-electron chi connectivity index (χ4n) is 3.75. The second kappa shape index (κ2) is 7.47. The third-order valence-electron chi connectivity index (χ3n) is 5.06. The van der Waals surface area contributed by atoms with Crippen molar-refractivity contribution in [3.05, 3.63) is 79.6 Å². The quantitative estimate of drug-likeness (QED) is 0.443. The lowest BCUT2D eigenvalue weighted by atomic mass is 9.99. The molecule has 4 aromatic rings. The van der Waals surface area contributed by atoms with Gasteiger partial charge in [0, 0.05) is 11.1 Å². The topological polar surface area (TPSA) is 85.5 Å². The van der Waals surface area contributed by atoms with E-state index in [0.29, 0.717) is 38.5 Å². The third-order valence-corrected chi connectivity index (χ3v) is 6.15. The number of halogens is 1. The molecule has 3 heterocycles. The van der Waals surface area contributed by atoms with E-state index in [1.165, 1.54) is 16.2 Å². The number of amides is 1. The Kier molecular flexibility index (Phi) is 4.75. The fourth-order valence-corrected chi connectivity index (χ4v) is 4.59. The van der Waals surface area contributed by atoms with Crippen molar-refractivity contribution in [2.75, 3.05) is 11.5 Å². The lowest BCUT2D eigenvalue weighted by Gasteiger charge is -2.22. The maximum Gasteiger partial charge on any atom is 0.297 e. The van der Waals surface area contributed by atoms with E-state index < -0.39 is 11.9 Å². The molecule has 156 valence electrons. The van der Waals surface area contributed by atoms with Crippen LogP contribution in [0.3, 0.4) is 0 Å². The molecular formula is C22H16ClN3O4S. The van der Waals surface area contributed by atoms with Gasteiger partial charge in [0.25, 0.3) is 5.91 Å². The van der Waals surface area contributed by atoms with Crippen molar-refractivity contribution in [1.29, 1.82) is 0 Å². The molecule has 31 heavy (non-hydrogen) atoms. The monoisotopic (exact) mass is 453 g/mol. The first kappa shape index (κ1) is 19.7. The average molecular weight is 454 g/mol. The van der Waals surface area contributed by atoms with E-state index in [1.54, 1.807) is 49.4 Å². The highest BCUT2D eigenvalue weighted by Gasteiger charge is 2.45. The smallest absolute Gasteiger partial charge is 0.297 e. The van der Waals surface area contributed by atoms with Crippen molar-refractivity contribution in [3.8, 4) is 5.75 Å². The van der Waals surface area contributed by atoms with E-state index in [9.17, 15) is 9.59 Å². The number of hydrogen-bond acceptors (Lipinski definition) is 7. The van der Waals surface area contributed by atoms with Crippen LogP contribution >= 0.6 is 22.9 Å². The van der Waals surface area contributed by atoms with Crippen LogP contribution in [0.25, 0.3) is 11.0 Å². The van der Waals surface area contributed by atoms with Crippen LogP contribution in [-0.2, 0) is 0 Å². The largest absolute Gasteiger partial charge is 0.494 e. The summed E-state index contributed by atoms with van der Waals surface area (Å²) in [7, 11) is 0. The number of anilines is 1. The second-order valence-corrected chi connectivity index (χ2v) is 8.59. The van der Waals surface area contributed by atoms with Crippen LogP contribution in [0.5, 0.6) is 5.75 Å². The number of hydrogen-bond donors (Lipinski definition) is 0. The highest BCUT2D eigenvalue weighted by Crippen LogP contribution is 2.42. The lowest BCUT2D eigenvalue weighted by Crippen LogP contribution is -2.29. The minimum atomic E-state index is -0.695. The van der Waals surface area contributed by atoms with Gasteiger partial charge in [-0.3, -0.25) is 14.5 Å². The Balaban J connectivity index is 1.77. The molecule has 2 aromatic heterocycles. The van der Waals surface area contributed by atoms with Gasteiger partial charge in [-0.25, -0.2) is 0 Å². The maximum absolute atomic E-state index is 13.5. The molecule has 0 saturated heterocycles. The number of ether oxygens (including phenoxy) is 1. The molecule has 7 nitrogen and oxygen atoms in total. The van der Waals surface area contributed by atoms with Crippen molar-refractivity contribution in [1.82, 2.24) is 10.2 Å². The fraction of sp³-hybridized carbons (Fsp3) is 0.182. The first-order valence-corrected chi connectivity index (χ1v) is 10.8. The Morgan fingerprint density at radius 1 is 1.16 bits per heavy atom. The van der Waals surface area contributed by atoms with Crippen molar-refractivity contribution >= 4 is 44.9 Å². The minimum Gasteiger partial charge on any atom is -0.494 e. The van der Waals surface area contributed by atoms with E-state index in [-0.39, 0.29) is 16.8 Å². The Labute approximate surface area is 185 Å². The molecule has 0 radical (unpaired) electrons. The average Bonchev–Trinajstić information content (AvgIpc) is 3.30. The number of fused-ring (bicyclic) bond motifs is 2. The number of aryl methyl sites for hydroxylation is 1. The van der Waals surface area contributed by atoms with E-state index in [1.807, 2.05) is 6.92 Å². The summed E-state index contributed by atoms with van der Waals surface area (Å²) in [5, 5.41) is 10.2. The van der Waals surface area contributed by atoms with Gasteiger partial charge in [-0.1, -0.05) is 35.1 Å². The predicted octanol–water partition coefficient (Wildman–Crippen LogP) is 4.75. The SMILES string of the molecule is CCOc1ccc2c(=O)c3c(oc2c1)C(=O)N(c1nnc(C)s1)C3c1ccc(Cl)cc1. The summed E-state index contributed by atoms with van der Waals surface area (Å²) in [6.07, 6.45) is 0. The van der Waals surface area contributed by atoms with Gasteiger partial charge in [0.1, 0.15) is 16.3 Å². The van der Waals surface area contributed by atoms with Gasteiger partial charge >= 0.3 is 0 Å². The third kappa shape index (κ3) is 3.19. The molecule has 0 bridgehead atoms. The molecule has 0 fully saturated rings. The van der Waals surface area contributed by atoms with Crippen LogP contribution < -0.4 is 15.1 Å². The Bertz CT molecular complexity index is 1380. The molecule has 1 unspecified atom stereocenters. The molecule has 2 aromatic carbocycles. The predicted molar refractivity (Wildman–Crippen MR) is 118 cm³/mol. The van der Waals surface area contributed by atoms with E-state index in [0.717, 1.165) is 5.56 Å². The number of carbonyl (C=O) groups excluding carboxylic acids is 1. The van der Waals surface area contributed by atoms with Gasteiger partial charge < -0.3 is 9.15 Å². The van der Waals surface area contributed by atoms with Crippen LogP contribution in [0.1, 0.15) is 39.7 Å². The molecule has 5 rings (SSSR count). The lowest BCUT2D eigenvalue weighted by molar-refractivity contribution is 0.0970. The Hall–Kier alpha value is -3.23. The number of carbonyl (C=O) groups is 1. The zero-order valence-electron chi connectivity index (χ0n) is 16.6. The second-order valence-electron chi connectivity index (χ2n) is 7.00. The van der Waals surface area contributed by atoms with Crippen LogP contribution in [-0.4, -0.2) is 22.7 Å². The molecule has 1 aliphatic rings. The summed E-state index contributed by atoms with van der Waals surface area (Å²) in [5.41, 5.74) is 1.03. The van der Waals surface area contributed by atoms with Gasteiger partial charge in [0.2, 0.25) is 10.9 Å². The summed E-state index contributed by atoms with van der Waals surface area (Å²) in [4.78, 5) is 28.4. The number of benzene rings is 2. The van der Waals surface area contributed by atoms with E-state index >= 15 is 0 Å². The molecule has 1 aliphatic heterocycles. The van der Waals surface area contributed by atoms with Gasteiger partial charge in [-0.15, -0.1) is 10.2 Å². The molecule has 1 atom stereocenters. The van der Waals surface area contributed by atoms with Crippen LogP contribution in [0.4, 0.5) is 5.13 Å². The molecule has 0 aliphatic carbocycles. The maximum atomic E-state index is 13.5. The molecule has 9 heteroatoms. The highest BCUT2D eigenvalue weighted by molar-refractivity contribution is 7.15. The zero-order chi connectivity index (χ0) is 21.7. The minimum absolute atomic E-state index is 0.000971. The van der Waals surface area contributed by atoms with Gasteiger partial charge in [-0.05, 0) is 43.7 Å². The summed E-state index contributed by atoms with van der Waals surface area (Å²) in [6, 6.07) is 11.3. The molecular weight excluding hydrogens is 438 g/mol. The summed E-state index contributed by atoms with van der Waals surface area (Å²) >= 11 is 7.33. The normalized spacial score (nSPS) is 15.5. The van der Waals surface area contributed by atoms with Gasteiger partial charge in [0.05, 0.1) is 23.6 Å². The summed E-state index contributed by atoms with van der Waals surface area (Å²) in [5.74, 6) is 0.125. The van der Waals surface area contributed by atoms with Gasteiger partial charge in [-0.2, -0.15) is 0 Å². The molecule has 1 amide bonds. The van der Waals surface area contributed by atoms with Crippen molar-refractivity contribution < 1.29 is 13.9 Å². The zero-order valence-corrected chi connectivity index (χ0v) is 18.2. The Morgan fingerprint density at radius 2 is 1.94 bits per heavy atom. The summed E-state index contributed by atoms with van der Waals surface area (Å²) in [6.45, 7) is 4.15. The molecule has 0 saturated carbocycles. The van der Waals surface area contributed by atoms with Gasteiger partial charge in [0.15, 0.2) is 5.43 Å². The number of nitrogens with zero attached hydrogens (tertiary/aromatic N) is 3. The first-order valence-electron chi connectivity index (χ1n) is 9.60. The van der Waals surface area contributed by atoms with Crippen LogP contribution in [0.15, 0.2) is 51.7 Å². The van der Waals surface area contributed by atoms with Crippen molar-refractivity contribution in [3.63, 3.8) is 0 Å². The summed E-state index contributed by atoms with van der Waals surface area (Å²) < 4.78 is 11.5. The molecule has 0 spiro atoms. The van der Waals surface area contributed by atoms with Crippen LogP contribution in [0, 0.1) is 6.92 Å². The van der Waals surface area contributed by atoms with Crippen molar-refractivity contribution in [2.24, 2.45) is 0 Å².